The minimum absolute atomic E-state index is 0.382. The molecule has 2 fully saturated rings. The van der Waals surface area contributed by atoms with Gasteiger partial charge in [-0.25, -0.2) is 0 Å². The summed E-state index contributed by atoms with van der Waals surface area (Å²) in [5.41, 5.74) is 3.92. The second-order valence-electron chi connectivity index (χ2n) is 9.96. The van der Waals surface area contributed by atoms with E-state index in [1.54, 1.807) is 0 Å². The van der Waals surface area contributed by atoms with Gasteiger partial charge >= 0.3 is 0 Å². The van der Waals surface area contributed by atoms with Crippen LogP contribution in [0.2, 0.25) is 0 Å². The minimum atomic E-state index is 0.382. The summed E-state index contributed by atoms with van der Waals surface area (Å²) in [6.45, 7) is 2.04. The molecule has 0 bridgehead atoms. The summed E-state index contributed by atoms with van der Waals surface area (Å²) in [5.74, 6) is 3.49. The Kier molecular flexibility index (Phi) is 6.57. The van der Waals surface area contributed by atoms with Gasteiger partial charge in [0.2, 0.25) is 0 Å². The molecule has 0 amide bonds. The van der Waals surface area contributed by atoms with E-state index in [2.05, 4.69) is 24.3 Å². The largest absolute Gasteiger partial charge is 0.508 e. The summed E-state index contributed by atoms with van der Waals surface area (Å²) in [6.07, 6.45) is 19.2. The summed E-state index contributed by atoms with van der Waals surface area (Å²) in [7, 11) is 0. The van der Waals surface area contributed by atoms with E-state index in [1.165, 1.54) is 43.2 Å². The van der Waals surface area contributed by atoms with Crippen LogP contribution in [0, 0.1) is 24.7 Å². The van der Waals surface area contributed by atoms with Gasteiger partial charge in [0, 0.05) is 12.8 Å². The second kappa shape index (κ2) is 9.32. The third kappa shape index (κ3) is 5.62. The van der Waals surface area contributed by atoms with Crippen LogP contribution < -0.4 is 0 Å². The van der Waals surface area contributed by atoms with Gasteiger partial charge in [0.1, 0.15) is 11.5 Å². The van der Waals surface area contributed by atoms with Crippen LogP contribution >= 0.6 is 0 Å². The van der Waals surface area contributed by atoms with Crippen molar-refractivity contribution < 1.29 is 9.90 Å². The van der Waals surface area contributed by atoms with Crippen molar-refractivity contribution in [2.45, 2.75) is 83.5 Å². The molecule has 3 aliphatic rings. The maximum Gasteiger partial charge on any atom is 0.133 e. The maximum atomic E-state index is 12.7. The highest BCUT2D eigenvalue weighted by atomic mass is 16.3. The van der Waals surface area contributed by atoms with Crippen LogP contribution in [0.4, 0.5) is 0 Å². The molecule has 0 saturated heterocycles. The van der Waals surface area contributed by atoms with Gasteiger partial charge in [-0.05, 0) is 117 Å². The molecular weight excluding hydrogens is 356 g/mol. The molecule has 2 saturated carbocycles. The molecule has 1 aromatic rings. The summed E-state index contributed by atoms with van der Waals surface area (Å²) >= 11 is 0. The van der Waals surface area contributed by atoms with Crippen molar-refractivity contribution in [1.29, 1.82) is 0 Å². The Hall–Kier alpha value is -1.83. The number of Topliss-reactive ketones (excluding diaryl/α,β-unsaturated/α-hetero) is 1. The Morgan fingerprint density at radius 2 is 1.48 bits per heavy atom. The van der Waals surface area contributed by atoms with Gasteiger partial charge in [-0.1, -0.05) is 24.3 Å². The molecule has 0 atom stereocenters. The number of hydrogen-bond donors (Lipinski definition) is 1. The number of hydrogen-bond acceptors (Lipinski definition) is 2. The fraction of sp³-hybridized carbons (Fsp3) is 0.593. The summed E-state index contributed by atoms with van der Waals surface area (Å²) in [5, 5.41) is 9.88. The number of aryl methyl sites for hydroxylation is 1. The molecule has 0 aliphatic heterocycles. The smallest absolute Gasteiger partial charge is 0.133 e. The average Bonchev–Trinajstić information content (AvgIpc) is 2.66. The normalized spacial score (nSPS) is 29.2. The van der Waals surface area contributed by atoms with E-state index in [0.29, 0.717) is 29.3 Å². The Morgan fingerprint density at radius 1 is 0.897 bits per heavy atom. The molecule has 29 heavy (non-hydrogen) atoms. The Labute approximate surface area is 176 Å². The standard InChI is InChI=1S/C27H36O2/c1-19-13-25(18-26(28)14-19)24-11-9-23(10-12-24)17-27(29)16-22-7-5-21(6-8-22)15-20-3-2-4-20/h2-4,13-14,18,21-24,28H,5-12,15-17H2,1H3. The summed E-state index contributed by atoms with van der Waals surface area (Å²) in [4.78, 5) is 12.7. The van der Waals surface area contributed by atoms with Crippen molar-refractivity contribution in [3.8, 4) is 5.75 Å². The molecule has 156 valence electrons. The zero-order valence-corrected chi connectivity index (χ0v) is 17.9. The number of benzene rings is 1. The lowest BCUT2D eigenvalue weighted by atomic mass is 9.74. The van der Waals surface area contributed by atoms with Crippen LogP contribution in [-0.2, 0) is 4.79 Å². The molecule has 2 heteroatoms. The van der Waals surface area contributed by atoms with Gasteiger partial charge in [-0.2, -0.15) is 0 Å². The Bertz CT molecular complexity index is 751. The van der Waals surface area contributed by atoms with Crippen LogP contribution in [-0.4, -0.2) is 10.9 Å². The van der Waals surface area contributed by atoms with Gasteiger partial charge in [0.05, 0.1) is 0 Å². The molecule has 0 unspecified atom stereocenters. The first-order valence-corrected chi connectivity index (χ1v) is 11.7. The predicted octanol–water partition coefficient (Wildman–Crippen LogP) is 7.02. The van der Waals surface area contributed by atoms with Gasteiger partial charge in [0.25, 0.3) is 0 Å². The van der Waals surface area contributed by atoms with Crippen molar-refractivity contribution in [3.63, 3.8) is 0 Å². The van der Waals surface area contributed by atoms with Gasteiger partial charge in [-0.3, -0.25) is 4.79 Å². The first-order chi connectivity index (χ1) is 14.0. The van der Waals surface area contributed by atoms with E-state index < -0.39 is 0 Å². The van der Waals surface area contributed by atoms with Gasteiger partial charge in [-0.15, -0.1) is 0 Å². The third-order valence-electron chi connectivity index (χ3n) is 7.55. The topological polar surface area (TPSA) is 37.3 Å². The third-order valence-corrected chi connectivity index (χ3v) is 7.55. The summed E-state index contributed by atoms with van der Waals surface area (Å²) in [6, 6.07) is 5.96. The fourth-order valence-electron chi connectivity index (χ4n) is 5.80. The molecule has 0 spiro atoms. The lowest BCUT2D eigenvalue weighted by molar-refractivity contribution is -0.121. The maximum absolute atomic E-state index is 12.7. The molecule has 4 rings (SSSR count). The number of phenolic OH excluding ortho intramolecular Hbond substituents is 1. The van der Waals surface area contributed by atoms with Gasteiger partial charge < -0.3 is 5.11 Å². The molecule has 0 heterocycles. The van der Waals surface area contributed by atoms with E-state index in [-0.39, 0.29) is 0 Å². The van der Waals surface area contributed by atoms with Crippen molar-refractivity contribution in [2.75, 3.05) is 0 Å². The van der Waals surface area contributed by atoms with E-state index in [4.69, 9.17) is 0 Å². The molecule has 0 radical (unpaired) electrons. The average molecular weight is 393 g/mol. The number of aromatic hydroxyl groups is 1. The van der Waals surface area contributed by atoms with E-state index >= 15 is 0 Å². The van der Waals surface area contributed by atoms with Crippen LogP contribution in [0.1, 0.15) is 87.7 Å². The highest BCUT2D eigenvalue weighted by molar-refractivity contribution is 5.78. The number of allylic oxidation sites excluding steroid dienone is 4. The molecule has 1 aromatic carbocycles. The van der Waals surface area contributed by atoms with Crippen molar-refractivity contribution in [1.82, 2.24) is 0 Å². The Morgan fingerprint density at radius 3 is 2.03 bits per heavy atom. The molecular formula is C27H36O2. The first-order valence-electron chi connectivity index (χ1n) is 11.7. The highest BCUT2D eigenvalue weighted by Gasteiger charge is 2.27. The zero-order chi connectivity index (χ0) is 20.2. The first kappa shape index (κ1) is 20.4. The fourth-order valence-corrected chi connectivity index (χ4v) is 5.80. The number of rotatable bonds is 7. The Balaban J connectivity index is 1.16. The number of carbonyl (C=O) groups excluding carboxylic acids is 1. The van der Waals surface area contributed by atoms with E-state index in [1.807, 2.05) is 19.1 Å². The van der Waals surface area contributed by atoms with E-state index in [0.717, 1.165) is 50.0 Å². The lowest BCUT2D eigenvalue weighted by Gasteiger charge is -2.31. The summed E-state index contributed by atoms with van der Waals surface area (Å²) < 4.78 is 0. The van der Waals surface area contributed by atoms with Gasteiger partial charge in [0.15, 0.2) is 0 Å². The quantitative estimate of drug-likeness (QED) is 0.541. The zero-order valence-electron chi connectivity index (χ0n) is 17.9. The second-order valence-corrected chi connectivity index (χ2v) is 9.96. The van der Waals surface area contributed by atoms with Crippen LogP contribution in [0.15, 0.2) is 42.0 Å². The molecule has 1 N–H and O–H groups in total. The molecule has 3 aliphatic carbocycles. The van der Waals surface area contributed by atoms with E-state index in [9.17, 15) is 9.90 Å². The number of phenols is 1. The van der Waals surface area contributed by atoms with Crippen molar-refractivity contribution >= 4 is 5.78 Å². The number of ketones is 1. The SMILES string of the molecule is Cc1cc(O)cc(C2CCC(CC(=O)CC3CCC(CC4=CC=C4)CC3)CC2)c1. The molecule has 2 nitrogen and oxygen atoms in total. The predicted molar refractivity (Wildman–Crippen MR) is 119 cm³/mol. The van der Waals surface area contributed by atoms with Crippen LogP contribution in [0.5, 0.6) is 5.75 Å². The lowest BCUT2D eigenvalue weighted by Crippen LogP contribution is -2.21. The molecule has 0 aromatic heterocycles. The van der Waals surface area contributed by atoms with Crippen molar-refractivity contribution in [2.24, 2.45) is 17.8 Å². The van der Waals surface area contributed by atoms with Crippen LogP contribution in [0.3, 0.4) is 0 Å². The number of carbonyl (C=O) groups is 1. The highest BCUT2D eigenvalue weighted by Crippen LogP contribution is 2.40. The monoisotopic (exact) mass is 392 g/mol. The minimum Gasteiger partial charge on any atom is -0.508 e. The van der Waals surface area contributed by atoms with Crippen molar-refractivity contribution in [3.05, 3.63) is 53.1 Å². The van der Waals surface area contributed by atoms with Crippen LogP contribution in [0.25, 0.3) is 0 Å².